The van der Waals surface area contributed by atoms with E-state index in [4.69, 9.17) is 39.9 Å². The highest BCUT2D eigenvalue weighted by molar-refractivity contribution is 7.50. The number of aliphatic carboxylic acids is 1. The molecule has 18 heavy (non-hydrogen) atoms. The maximum absolute atomic E-state index is 10.3. The van der Waals surface area contributed by atoms with Crippen molar-refractivity contribution in [1.82, 2.24) is 4.90 Å². The van der Waals surface area contributed by atoms with Gasteiger partial charge in [0.05, 0.1) is 0 Å². The molecule has 0 saturated heterocycles. The average Bonchev–Trinajstić information content (AvgIpc) is 1.95. The summed E-state index contributed by atoms with van der Waals surface area (Å²) in [5, 5.41) is 8.28. The van der Waals surface area contributed by atoms with Gasteiger partial charge >= 0.3 is 21.5 Å². The largest absolute Gasteiger partial charge is 0.480 e. The molecule has 0 fully saturated rings. The topological polar surface area (TPSA) is 214 Å². The summed E-state index contributed by atoms with van der Waals surface area (Å²) in [6, 6.07) is 0. The molecule has 0 radical (unpaired) electrons. The maximum Gasteiger partial charge on any atom is 0.466 e. The molecule has 0 aromatic rings. The van der Waals surface area contributed by atoms with Crippen molar-refractivity contribution < 1.29 is 43.5 Å². The van der Waals surface area contributed by atoms with Crippen LogP contribution < -0.4 is 5.73 Å². The Morgan fingerprint density at radius 3 is 1.78 bits per heavy atom. The molecular weight excluding hydrogens is 296 g/mol. The van der Waals surface area contributed by atoms with Crippen molar-refractivity contribution in [2.45, 2.75) is 0 Å². The van der Waals surface area contributed by atoms with Gasteiger partial charge in [-0.2, -0.15) is 0 Å². The Labute approximate surface area is 101 Å². The molecule has 0 spiro atoms. The lowest BCUT2D eigenvalue weighted by Crippen LogP contribution is -2.37. The zero-order chi connectivity index (χ0) is 15.1. The van der Waals surface area contributed by atoms with Crippen LogP contribution in [0.3, 0.4) is 0 Å². The van der Waals surface area contributed by atoms with Gasteiger partial charge in [-0.3, -0.25) is 4.79 Å². The lowest BCUT2D eigenvalue weighted by Gasteiger charge is -2.14. The minimum absolute atomic E-state index is 0.477. The van der Waals surface area contributed by atoms with Crippen molar-refractivity contribution >= 4 is 27.5 Å². The molecule has 0 aromatic heterocycles. The van der Waals surface area contributed by atoms with Gasteiger partial charge in [0.1, 0.15) is 6.54 Å². The third kappa shape index (κ3) is 20.4. The number of hydrogen-bond donors (Lipinski definition) is 7. The highest BCUT2D eigenvalue weighted by Crippen LogP contribution is 2.35. The molecule has 0 atom stereocenters. The number of carboxylic acid groups (broad SMARTS) is 1. The van der Waals surface area contributed by atoms with Crippen molar-refractivity contribution in [3.8, 4) is 0 Å². The van der Waals surface area contributed by atoms with Gasteiger partial charge in [-0.25, -0.2) is 9.13 Å². The van der Waals surface area contributed by atoms with Crippen LogP contribution in [0.25, 0.3) is 0 Å². The van der Waals surface area contributed by atoms with Crippen LogP contribution >= 0.6 is 15.6 Å². The number of phosphoric acid groups is 1. The van der Waals surface area contributed by atoms with E-state index in [1.807, 2.05) is 0 Å². The first-order valence-electron chi connectivity index (χ1n) is 3.85. The van der Waals surface area contributed by atoms with Crippen LogP contribution in [-0.2, 0) is 13.9 Å². The Kier molecular flexibility index (Phi) is 7.99. The smallest absolute Gasteiger partial charge is 0.466 e. The maximum atomic E-state index is 10.3. The fourth-order valence-corrected chi connectivity index (χ4v) is 0.913. The van der Waals surface area contributed by atoms with Crippen LogP contribution in [0.2, 0.25) is 0 Å². The molecule has 108 valence electrons. The molecule has 8 N–H and O–H groups in total. The Balaban J connectivity index is 0. The molecule has 0 bridgehead atoms. The Bertz CT molecular complexity index is 388. The lowest BCUT2D eigenvalue weighted by atomic mass is 10.6. The fourth-order valence-electron chi connectivity index (χ4n) is 0.494. The molecule has 0 rings (SSSR count). The molecule has 0 heterocycles. The van der Waals surface area contributed by atoms with Crippen LogP contribution in [0, 0.1) is 0 Å². The van der Waals surface area contributed by atoms with Crippen molar-refractivity contribution in [1.29, 1.82) is 0 Å². The predicted octanol–water partition coefficient (Wildman–Crippen LogP) is -2.52. The zero-order valence-corrected chi connectivity index (χ0v) is 10.8. The number of nitrogens with two attached hydrogens (primary N) is 1. The number of guanidine groups is 1. The van der Waals surface area contributed by atoms with Crippen LogP contribution in [-0.4, -0.2) is 60.0 Å². The quantitative estimate of drug-likeness (QED) is 0.164. The van der Waals surface area contributed by atoms with Gasteiger partial charge in [-0.1, -0.05) is 0 Å². The Morgan fingerprint density at radius 2 is 1.56 bits per heavy atom. The molecular formula is C4H13N3O9P2. The highest BCUT2D eigenvalue weighted by atomic mass is 31.2. The van der Waals surface area contributed by atoms with E-state index in [-0.39, 0.29) is 0 Å². The summed E-state index contributed by atoms with van der Waals surface area (Å²) in [4.78, 5) is 49.3. The molecule has 12 nitrogen and oxygen atoms in total. The molecule has 0 amide bonds. The van der Waals surface area contributed by atoms with Gasteiger partial charge in [0.15, 0.2) is 0 Å². The second-order valence-electron chi connectivity index (χ2n) is 2.73. The lowest BCUT2D eigenvalue weighted by molar-refractivity contribution is -0.137. The van der Waals surface area contributed by atoms with Crippen molar-refractivity contribution in [2.75, 3.05) is 13.6 Å². The second kappa shape index (κ2) is 7.44. The summed E-state index contributed by atoms with van der Waals surface area (Å²) in [7, 11) is -7.98. The number of nitrogens with zero attached hydrogens (tertiary/aromatic N) is 2. The Morgan fingerprint density at radius 1 is 1.22 bits per heavy atom. The monoisotopic (exact) mass is 309 g/mol. The molecule has 0 aromatic carbocycles. The Hall–Kier alpha value is -1.00. The number of carboxylic acids is 1. The molecule has 0 unspecified atom stereocenters. The van der Waals surface area contributed by atoms with E-state index in [0.717, 1.165) is 4.90 Å². The van der Waals surface area contributed by atoms with E-state index in [0.29, 0.717) is 0 Å². The molecule has 0 aliphatic rings. The standard InChI is InChI=1S/C4H10N3O5P.H3O4P/c1-7(2-3(8)9)4(5)6-13(10,11)12;1-5(2,3)4/h2H2,1H3,(H,8,9)(H4,5,6,10,11,12);(H3,1,2,3,4). The summed E-state index contributed by atoms with van der Waals surface area (Å²) in [6.07, 6.45) is 0. The summed E-state index contributed by atoms with van der Waals surface area (Å²) in [5.74, 6) is -1.69. The van der Waals surface area contributed by atoms with E-state index in [1.165, 1.54) is 7.05 Å². The van der Waals surface area contributed by atoms with E-state index in [1.54, 1.807) is 0 Å². The van der Waals surface area contributed by atoms with Crippen LogP contribution in [0.4, 0.5) is 0 Å². The molecule has 0 saturated carbocycles. The normalized spacial score (nSPS) is 12.4. The van der Waals surface area contributed by atoms with E-state index in [2.05, 4.69) is 4.76 Å². The van der Waals surface area contributed by atoms with Gasteiger partial charge in [0.2, 0.25) is 5.96 Å². The first kappa shape index (κ1) is 19.3. The van der Waals surface area contributed by atoms with Gasteiger partial charge < -0.3 is 40.2 Å². The SMILES string of the molecule is CN(CC(=O)O)C(N)=NP(=O)(O)O.O=P(O)(O)O. The number of carbonyl (C=O) groups is 1. The van der Waals surface area contributed by atoms with E-state index < -0.39 is 34.0 Å². The highest BCUT2D eigenvalue weighted by Gasteiger charge is 2.14. The summed E-state index contributed by atoms with van der Waals surface area (Å²) >= 11 is 0. The molecule has 0 aliphatic carbocycles. The predicted molar refractivity (Wildman–Crippen MR) is 58.2 cm³/mol. The summed E-state index contributed by atoms with van der Waals surface area (Å²) in [6.45, 7) is -0.477. The van der Waals surface area contributed by atoms with Crippen LogP contribution in [0.5, 0.6) is 0 Å². The van der Waals surface area contributed by atoms with Crippen molar-refractivity contribution in [3.05, 3.63) is 0 Å². The summed E-state index contributed by atoms with van der Waals surface area (Å²) < 4.78 is 22.0. The minimum Gasteiger partial charge on any atom is -0.480 e. The number of rotatable bonds is 3. The fraction of sp³-hybridized carbons (Fsp3) is 0.500. The third-order valence-corrected chi connectivity index (χ3v) is 1.46. The number of hydrogen-bond acceptors (Lipinski definition) is 3. The first-order valence-corrected chi connectivity index (χ1v) is 6.98. The van der Waals surface area contributed by atoms with Gasteiger partial charge in [0.25, 0.3) is 0 Å². The third-order valence-electron chi connectivity index (χ3n) is 0.996. The van der Waals surface area contributed by atoms with Crippen molar-refractivity contribution in [2.24, 2.45) is 10.5 Å². The zero-order valence-electron chi connectivity index (χ0n) is 8.98. The summed E-state index contributed by atoms with van der Waals surface area (Å²) in [5.41, 5.74) is 5.07. The minimum atomic E-state index is -4.64. The van der Waals surface area contributed by atoms with E-state index >= 15 is 0 Å². The second-order valence-corrected chi connectivity index (χ2v) is 4.99. The van der Waals surface area contributed by atoms with Gasteiger partial charge in [0, 0.05) is 7.05 Å². The van der Waals surface area contributed by atoms with Crippen LogP contribution in [0.15, 0.2) is 4.76 Å². The van der Waals surface area contributed by atoms with E-state index in [9.17, 15) is 9.36 Å². The van der Waals surface area contributed by atoms with Crippen LogP contribution in [0.1, 0.15) is 0 Å². The molecule has 14 heteroatoms. The van der Waals surface area contributed by atoms with Crippen molar-refractivity contribution in [3.63, 3.8) is 0 Å². The number of likely N-dealkylation sites (N-methyl/N-ethyl adjacent to an activating group) is 1. The average molecular weight is 309 g/mol. The van der Waals surface area contributed by atoms with Gasteiger partial charge in [-0.15, -0.1) is 4.76 Å². The molecule has 0 aliphatic heterocycles. The first-order chi connectivity index (χ1) is 7.72. The van der Waals surface area contributed by atoms with Gasteiger partial charge in [-0.05, 0) is 0 Å².